The number of hydrogen-bond acceptors (Lipinski definition) is 5. The summed E-state index contributed by atoms with van der Waals surface area (Å²) < 4.78 is 7.25. The van der Waals surface area contributed by atoms with Gasteiger partial charge in [0.1, 0.15) is 6.61 Å². The predicted molar refractivity (Wildman–Crippen MR) is 86.9 cm³/mol. The molecule has 1 aromatic carbocycles. The van der Waals surface area contributed by atoms with E-state index in [1.54, 1.807) is 0 Å². The molecule has 7 nitrogen and oxygen atoms in total. The van der Waals surface area contributed by atoms with E-state index in [-0.39, 0.29) is 33.6 Å². The molecule has 122 valence electrons. The predicted octanol–water partition coefficient (Wildman–Crippen LogP) is 1.33. The molecule has 2 rings (SSSR count). The number of esters is 1. The van der Waals surface area contributed by atoms with Gasteiger partial charge in [0.15, 0.2) is 0 Å². The Morgan fingerprint density at radius 1 is 1.17 bits per heavy atom. The molecule has 1 aromatic heterocycles. The van der Waals surface area contributed by atoms with Gasteiger partial charge in [-0.15, -0.1) is 0 Å². The van der Waals surface area contributed by atoms with E-state index in [1.807, 2.05) is 0 Å². The number of rotatable bonds is 3. The normalized spacial score (nSPS) is 10.6. The number of carbonyl (C=O) groups is 1. The Morgan fingerprint density at radius 2 is 1.83 bits per heavy atom. The summed E-state index contributed by atoms with van der Waals surface area (Å²) in [5, 5.41) is 0.363. The SMILES string of the molecule is Cn1c(COC(=O)c2cc(Cl)cc(Cl)c2N)cc(=O)n(C)c1=O. The lowest BCUT2D eigenvalue weighted by molar-refractivity contribution is 0.0464. The molecular formula is C14H13Cl2N3O4. The molecule has 0 aliphatic carbocycles. The fourth-order valence-electron chi connectivity index (χ4n) is 1.89. The molecule has 2 N–H and O–H groups in total. The third-order valence-corrected chi connectivity index (χ3v) is 3.82. The summed E-state index contributed by atoms with van der Waals surface area (Å²) in [6.45, 7) is -0.274. The molecule has 9 heteroatoms. The third-order valence-electron chi connectivity index (χ3n) is 3.29. The molecule has 0 spiro atoms. The van der Waals surface area contributed by atoms with Crippen LogP contribution in [-0.2, 0) is 25.4 Å². The van der Waals surface area contributed by atoms with Crippen molar-refractivity contribution in [3.8, 4) is 0 Å². The van der Waals surface area contributed by atoms with Crippen molar-refractivity contribution in [2.24, 2.45) is 14.1 Å². The van der Waals surface area contributed by atoms with Gasteiger partial charge in [-0.2, -0.15) is 0 Å². The highest BCUT2D eigenvalue weighted by Gasteiger charge is 2.16. The van der Waals surface area contributed by atoms with Gasteiger partial charge >= 0.3 is 11.7 Å². The number of benzene rings is 1. The number of ether oxygens (including phenoxy) is 1. The second kappa shape index (κ2) is 6.47. The third kappa shape index (κ3) is 3.40. The number of halogens is 2. The first-order chi connectivity index (χ1) is 10.7. The van der Waals surface area contributed by atoms with Gasteiger partial charge in [-0.1, -0.05) is 23.2 Å². The molecule has 0 radical (unpaired) electrons. The van der Waals surface area contributed by atoms with E-state index in [0.29, 0.717) is 0 Å². The van der Waals surface area contributed by atoms with Gasteiger partial charge in [-0.05, 0) is 12.1 Å². The largest absolute Gasteiger partial charge is 0.456 e. The molecule has 0 saturated heterocycles. The van der Waals surface area contributed by atoms with Gasteiger partial charge in [0.05, 0.1) is 22.0 Å². The quantitative estimate of drug-likeness (QED) is 0.660. The van der Waals surface area contributed by atoms with E-state index in [1.165, 1.54) is 36.9 Å². The number of nitrogen functional groups attached to an aromatic ring is 1. The minimum Gasteiger partial charge on any atom is -0.456 e. The van der Waals surface area contributed by atoms with E-state index in [2.05, 4.69) is 0 Å². The van der Waals surface area contributed by atoms with Crippen molar-refractivity contribution in [3.63, 3.8) is 0 Å². The highest BCUT2D eigenvalue weighted by atomic mass is 35.5. The van der Waals surface area contributed by atoms with Crippen molar-refractivity contribution in [3.05, 3.63) is 60.3 Å². The smallest absolute Gasteiger partial charge is 0.340 e. The van der Waals surface area contributed by atoms with Crippen LogP contribution in [0.3, 0.4) is 0 Å². The monoisotopic (exact) mass is 357 g/mol. The lowest BCUT2D eigenvalue weighted by Crippen LogP contribution is -2.38. The molecule has 0 unspecified atom stereocenters. The Hall–Kier alpha value is -2.25. The summed E-state index contributed by atoms with van der Waals surface area (Å²) in [5.74, 6) is -0.764. The van der Waals surface area contributed by atoms with Gasteiger partial charge < -0.3 is 10.5 Å². The zero-order valence-corrected chi connectivity index (χ0v) is 13.8. The van der Waals surface area contributed by atoms with Crippen molar-refractivity contribution in [2.75, 3.05) is 5.73 Å². The number of nitrogens with zero attached hydrogens (tertiary/aromatic N) is 2. The van der Waals surface area contributed by atoms with Gasteiger partial charge in [0, 0.05) is 25.2 Å². The van der Waals surface area contributed by atoms with Gasteiger partial charge in [0.2, 0.25) is 0 Å². The average molecular weight is 358 g/mol. The van der Waals surface area contributed by atoms with Crippen LogP contribution >= 0.6 is 23.2 Å². The van der Waals surface area contributed by atoms with Crippen molar-refractivity contribution >= 4 is 34.9 Å². The van der Waals surface area contributed by atoms with Crippen LogP contribution < -0.4 is 17.0 Å². The zero-order chi connectivity index (χ0) is 17.3. The van der Waals surface area contributed by atoms with Crippen LogP contribution in [0.4, 0.5) is 5.69 Å². The maximum atomic E-state index is 12.1. The number of anilines is 1. The van der Waals surface area contributed by atoms with E-state index < -0.39 is 17.2 Å². The maximum absolute atomic E-state index is 12.1. The van der Waals surface area contributed by atoms with Crippen molar-refractivity contribution in [1.82, 2.24) is 9.13 Å². The maximum Gasteiger partial charge on any atom is 0.340 e. The molecule has 0 aliphatic rings. The lowest BCUT2D eigenvalue weighted by Gasteiger charge is -2.11. The highest BCUT2D eigenvalue weighted by Crippen LogP contribution is 2.28. The van der Waals surface area contributed by atoms with Crippen molar-refractivity contribution < 1.29 is 9.53 Å². The van der Waals surface area contributed by atoms with Crippen LogP contribution in [0.1, 0.15) is 16.1 Å². The summed E-state index contributed by atoms with van der Waals surface area (Å²) in [7, 11) is 2.82. The molecule has 0 saturated carbocycles. The molecule has 0 bridgehead atoms. The molecule has 0 amide bonds. The standard InChI is InChI=1S/C14H13Cl2N3O4/c1-18-8(5-11(20)19(2)14(18)22)6-23-13(21)9-3-7(15)4-10(16)12(9)17/h3-5H,6,17H2,1-2H3. The minimum absolute atomic E-state index is 0.0105. The lowest BCUT2D eigenvalue weighted by atomic mass is 10.2. The van der Waals surface area contributed by atoms with E-state index in [0.717, 1.165) is 4.57 Å². The Bertz CT molecular complexity index is 902. The minimum atomic E-state index is -0.764. The first-order valence-corrected chi connectivity index (χ1v) is 7.15. The molecule has 0 atom stereocenters. The van der Waals surface area contributed by atoms with Crippen molar-refractivity contribution in [1.29, 1.82) is 0 Å². The molecular weight excluding hydrogens is 345 g/mol. The molecule has 1 heterocycles. The molecule has 2 aromatic rings. The summed E-state index contributed by atoms with van der Waals surface area (Å²) in [6, 6.07) is 3.94. The van der Waals surface area contributed by atoms with Crippen LogP contribution in [-0.4, -0.2) is 15.1 Å². The van der Waals surface area contributed by atoms with Gasteiger partial charge in [0.25, 0.3) is 5.56 Å². The number of hydrogen-bond donors (Lipinski definition) is 1. The Kier molecular flexibility index (Phi) is 4.82. The fourth-order valence-corrected chi connectivity index (χ4v) is 2.38. The van der Waals surface area contributed by atoms with Crippen LogP contribution in [0, 0.1) is 0 Å². The van der Waals surface area contributed by atoms with E-state index in [4.69, 9.17) is 33.7 Å². The second-order valence-corrected chi connectivity index (χ2v) is 5.64. The Labute approximate surface area is 140 Å². The summed E-state index contributed by atoms with van der Waals surface area (Å²) >= 11 is 11.7. The highest BCUT2D eigenvalue weighted by molar-refractivity contribution is 6.37. The van der Waals surface area contributed by atoms with Crippen LogP contribution in [0.25, 0.3) is 0 Å². The van der Waals surface area contributed by atoms with E-state index in [9.17, 15) is 14.4 Å². The van der Waals surface area contributed by atoms with Crippen molar-refractivity contribution in [2.45, 2.75) is 6.61 Å². The summed E-state index contributed by atoms with van der Waals surface area (Å²) in [5.41, 5.74) is 5.00. The number of nitrogens with two attached hydrogens (primary N) is 1. The van der Waals surface area contributed by atoms with Gasteiger partial charge in [-0.3, -0.25) is 13.9 Å². The van der Waals surface area contributed by atoms with Crippen LogP contribution in [0.5, 0.6) is 0 Å². The topological polar surface area (TPSA) is 96.3 Å². The summed E-state index contributed by atoms with van der Waals surface area (Å²) in [4.78, 5) is 35.5. The van der Waals surface area contributed by atoms with E-state index >= 15 is 0 Å². The number of carbonyl (C=O) groups excluding carboxylic acids is 1. The zero-order valence-electron chi connectivity index (χ0n) is 12.3. The molecule has 0 aliphatic heterocycles. The Balaban J connectivity index is 2.27. The fraction of sp³-hybridized carbons (Fsp3) is 0.214. The van der Waals surface area contributed by atoms with Crippen LogP contribution in [0.15, 0.2) is 27.8 Å². The summed E-state index contributed by atoms with van der Waals surface area (Å²) in [6.07, 6.45) is 0. The van der Waals surface area contributed by atoms with Gasteiger partial charge in [-0.25, -0.2) is 9.59 Å². The molecule has 0 fully saturated rings. The molecule has 23 heavy (non-hydrogen) atoms. The average Bonchev–Trinajstić information content (AvgIpc) is 2.50. The first-order valence-electron chi connectivity index (χ1n) is 6.40. The van der Waals surface area contributed by atoms with Crippen LogP contribution in [0.2, 0.25) is 10.0 Å². The Morgan fingerprint density at radius 3 is 2.48 bits per heavy atom. The first kappa shape index (κ1) is 17.1. The number of aromatic nitrogens is 2. The second-order valence-electron chi connectivity index (χ2n) is 4.80.